The van der Waals surface area contributed by atoms with Gasteiger partial charge in [-0.05, 0) is 18.9 Å². The lowest BCUT2D eigenvalue weighted by Gasteiger charge is -2.22. The standard InChI is InChI=1S/C13H13ClN2O4/c14-10-2-1-3-11(16(19)20)12(10)13(18)15-8-4-6-9(17)7-5-8/h1-3,8H,4-7H2,(H,15,18). The van der Waals surface area contributed by atoms with E-state index in [1.807, 2.05) is 0 Å². The minimum Gasteiger partial charge on any atom is -0.349 e. The topological polar surface area (TPSA) is 89.3 Å². The Morgan fingerprint density at radius 1 is 1.35 bits per heavy atom. The summed E-state index contributed by atoms with van der Waals surface area (Å²) in [5, 5.41) is 13.7. The van der Waals surface area contributed by atoms with Crippen molar-refractivity contribution in [2.75, 3.05) is 0 Å². The monoisotopic (exact) mass is 296 g/mol. The first-order valence-corrected chi connectivity index (χ1v) is 6.62. The smallest absolute Gasteiger partial charge is 0.283 e. The van der Waals surface area contributed by atoms with Crippen molar-refractivity contribution in [1.82, 2.24) is 5.32 Å². The molecule has 6 nitrogen and oxygen atoms in total. The van der Waals surface area contributed by atoms with Crippen LogP contribution in [0.25, 0.3) is 0 Å². The second-order valence-electron chi connectivity index (χ2n) is 4.68. The van der Waals surface area contributed by atoms with Crippen molar-refractivity contribution in [3.63, 3.8) is 0 Å². The molecule has 1 amide bonds. The first-order valence-electron chi connectivity index (χ1n) is 6.24. The lowest BCUT2D eigenvalue weighted by atomic mass is 9.94. The first-order chi connectivity index (χ1) is 9.49. The second kappa shape index (κ2) is 6.00. The number of carbonyl (C=O) groups is 2. The Hall–Kier alpha value is -1.95. The van der Waals surface area contributed by atoms with Gasteiger partial charge in [0, 0.05) is 24.9 Å². The molecule has 1 aliphatic carbocycles. The molecule has 2 rings (SSSR count). The Labute approximate surface area is 120 Å². The van der Waals surface area contributed by atoms with Crippen molar-refractivity contribution < 1.29 is 14.5 Å². The summed E-state index contributed by atoms with van der Waals surface area (Å²) in [5.41, 5.74) is -0.446. The molecule has 0 saturated heterocycles. The van der Waals surface area contributed by atoms with Crippen LogP contribution in [0.2, 0.25) is 5.02 Å². The number of halogens is 1. The van der Waals surface area contributed by atoms with Gasteiger partial charge >= 0.3 is 0 Å². The predicted octanol–water partition coefficient (Wildman–Crippen LogP) is 2.49. The number of nitro benzene ring substituents is 1. The Bertz CT molecular complexity index is 563. The summed E-state index contributed by atoms with van der Waals surface area (Å²) in [6.45, 7) is 0. The largest absolute Gasteiger partial charge is 0.349 e. The zero-order valence-electron chi connectivity index (χ0n) is 10.6. The van der Waals surface area contributed by atoms with E-state index in [0.29, 0.717) is 25.7 Å². The van der Waals surface area contributed by atoms with Crippen molar-refractivity contribution in [3.05, 3.63) is 38.9 Å². The number of carbonyl (C=O) groups excluding carboxylic acids is 2. The Morgan fingerprint density at radius 3 is 2.60 bits per heavy atom. The normalized spacial score (nSPS) is 15.9. The average Bonchev–Trinajstić information content (AvgIpc) is 2.40. The minimum atomic E-state index is -0.634. The van der Waals surface area contributed by atoms with Crippen LogP contribution >= 0.6 is 11.6 Å². The maximum absolute atomic E-state index is 12.2. The fraction of sp³-hybridized carbons (Fsp3) is 0.385. The summed E-state index contributed by atoms with van der Waals surface area (Å²) in [5.74, 6) is -0.388. The Kier molecular flexibility index (Phi) is 4.34. The van der Waals surface area contributed by atoms with Gasteiger partial charge in [-0.25, -0.2) is 0 Å². The predicted molar refractivity (Wildman–Crippen MR) is 72.8 cm³/mol. The molecule has 1 N–H and O–H groups in total. The summed E-state index contributed by atoms with van der Waals surface area (Å²) in [4.78, 5) is 33.6. The highest BCUT2D eigenvalue weighted by atomic mass is 35.5. The van der Waals surface area contributed by atoms with Crippen LogP contribution in [0, 0.1) is 10.1 Å². The summed E-state index contributed by atoms with van der Waals surface area (Å²) in [7, 11) is 0. The van der Waals surface area contributed by atoms with Crippen LogP contribution < -0.4 is 5.32 Å². The quantitative estimate of drug-likeness (QED) is 0.685. The first kappa shape index (κ1) is 14.5. The van der Waals surface area contributed by atoms with Gasteiger partial charge in [0.05, 0.1) is 9.95 Å². The van der Waals surface area contributed by atoms with Gasteiger partial charge in [-0.3, -0.25) is 19.7 Å². The molecule has 1 aromatic carbocycles. The number of rotatable bonds is 3. The summed E-state index contributed by atoms with van der Waals surface area (Å²) >= 11 is 5.89. The SMILES string of the molecule is O=C1CCC(NC(=O)c2c(Cl)cccc2[N+](=O)[O-])CC1. The van der Waals surface area contributed by atoms with E-state index in [4.69, 9.17) is 11.6 Å². The maximum Gasteiger partial charge on any atom is 0.283 e. The van der Waals surface area contributed by atoms with Crippen LogP contribution in [0.3, 0.4) is 0 Å². The minimum absolute atomic E-state index is 0.0450. The molecule has 0 aliphatic heterocycles. The molecule has 0 heterocycles. The second-order valence-corrected chi connectivity index (χ2v) is 5.08. The van der Waals surface area contributed by atoms with Gasteiger partial charge in [0.15, 0.2) is 0 Å². The van der Waals surface area contributed by atoms with E-state index in [-0.39, 0.29) is 28.1 Å². The van der Waals surface area contributed by atoms with E-state index in [9.17, 15) is 19.7 Å². The maximum atomic E-state index is 12.2. The number of hydrogen-bond donors (Lipinski definition) is 1. The number of benzene rings is 1. The Balaban J connectivity index is 2.17. The van der Waals surface area contributed by atoms with Crippen LogP contribution in [0.1, 0.15) is 36.0 Å². The van der Waals surface area contributed by atoms with Crippen molar-refractivity contribution in [2.24, 2.45) is 0 Å². The highest BCUT2D eigenvalue weighted by molar-refractivity contribution is 6.34. The molecule has 0 radical (unpaired) electrons. The van der Waals surface area contributed by atoms with Crippen molar-refractivity contribution >= 4 is 29.0 Å². The number of Topliss-reactive ketones (excluding diaryl/α,β-unsaturated/α-hetero) is 1. The third kappa shape index (κ3) is 3.14. The molecule has 0 aromatic heterocycles. The zero-order chi connectivity index (χ0) is 14.7. The van der Waals surface area contributed by atoms with Crippen molar-refractivity contribution in [3.8, 4) is 0 Å². The third-order valence-electron chi connectivity index (χ3n) is 3.29. The molecule has 106 valence electrons. The van der Waals surface area contributed by atoms with Crippen molar-refractivity contribution in [1.29, 1.82) is 0 Å². The molecule has 1 aliphatic rings. The summed E-state index contributed by atoms with van der Waals surface area (Å²) in [6.07, 6.45) is 1.97. The molecule has 1 aromatic rings. The number of hydrogen-bond acceptors (Lipinski definition) is 4. The molecule has 0 bridgehead atoms. The number of amides is 1. The highest BCUT2D eigenvalue weighted by Crippen LogP contribution is 2.26. The molecule has 7 heteroatoms. The van der Waals surface area contributed by atoms with Crippen LogP contribution in [0.5, 0.6) is 0 Å². The third-order valence-corrected chi connectivity index (χ3v) is 3.61. The number of ketones is 1. The van der Waals surface area contributed by atoms with Crippen LogP contribution in [-0.4, -0.2) is 22.7 Å². The van der Waals surface area contributed by atoms with Crippen LogP contribution in [0.4, 0.5) is 5.69 Å². The fourth-order valence-electron chi connectivity index (χ4n) is 2.23. The molecular formula is C13H13ClN2O4. The van der Waals surface area contributed by atoms with Gasteiger partial charge in [0.1, 0.15) is 11.3 Å². The molecule has 20 heavy (non-hydrogen) atoms. The molecule has 1 fully saturated rings. The number of nitrogens with one attached hydrogen (secondary N) is 1. The van der Waals surface area contributed by atoms with Gasteiger partial charge in [-0.15, -0.1) is 0 Å². The van der Waals surface area contributed by atoms with Gasteiger partial charge in [0.2, 0.25) is 0 Å². The van der Waals surface area contributed by atoms with E-state index in [1.54, 1.807) is 0 Å². The van der Waals surface area contributed by atoms with E-state index >= 15 is 0 Å². The van der Waals surface area contributed by atoms with Crippen molar-refractivity contribution in [2.45, 2.75) is 31.7 Å². The summed E-state index contributed by atoms with van der Waals surface area (Å²) < 4.78 is 0. The van der Waals surface area contributed by atoms with Crippen LogP contribution in [-0.2, 0) is 4.79 Å². The van der Waals surface area contributed by atoms with Gasteiger partial charge in [-0.1, -0.05) is 17.7 Å². The highest BCUT2D eigenvalue weighted by Gasteiger charge is 2.26. The average molecular weight is 297 g/mol. The van der Waals surface area contributed by atoms with Gasteiger partial charge in [-0.2, -0.15) is 0 Å². The van der Waals surface area contributed by atoms with E-state index in [2.05, 4.69) is 5.32 Å². The molecule has 1 saturated carbocycles. The van der Waals surface area contributed by atoms with E-state index < -0.39 is 10.8 Å². The molecule has 0 unspecified atom stereocenters. The molecular weight excluding hydrogens is 284 g/mol. The lowest BCUT2D eigenvalue weighted by Crippen LogP contribution is -2.38. The Morgan fingerprint density at radius 2 is 2.00 bits per heavy atom. The van der Waals surface area contributed by atoms with Gasteiger partial charge < -0.3 is 5.32 Å². The number of nitrogens with zero attached hydrogens (tertiary/aromatic N) is 1. The van der Waals surface area contributed by atoms with Gasteiger partial charge in [0.25, 0.3) is 11.6 Å². The zero-order valence-corrected chi connectivity index (χ0v) is 11.4. The lowest BCUT2D eigenvalue weighted by molar-refractivity contribution is -0.385. The molecule has 0 spiro atoms. The number of nitro groups is 1. The van der Waals surface area contributed by atoms with Crippen LogP contribution in [0.15, 0.2) is 18.2 Å². The van der Waals surface area contributed by atoms with E-state index in [0.717, 1.165) is 0 Å². The fourth-order valence-corrected chi connectivity index (χ4v) is 2.49. The summed E-state index contributed by atoms with van der Waals surface area (Å²) in [6, 6.07) is 3.96. The van der Waals surface area contributed by atoms with E-state index in [1.165, 1.54) is 18.2 Å². The molecule has 0 atom stereocenters.